The molecule has 1 heteroatoms. The summed E-state index contributed by atoms with van der Waals surface area (Å²) >= 11 is 0. The maximum absolute atomic E-state index is 6.60. The van der Waals surface area contributed by atoms with E-state index in [1.165, 1.54) is 24.0 Å². The Morgan fingerprint density at radius 3 is 2.88 bits per heavy atom. The van der Waals surface area contributed by atoms with Crippen molar-refractivity contribution in [3.05, 3.63) is 35.4 Å². The predicted molar refractivity (Wildman–Crippen MR) is 69.3 cm³/mol. The van der Waals surface area contributed by atoms with Crippen molar-refractivity contribution in [2.24, 2.45) is 11.7 Å². The Balaban J connectivity index is 2.15. The van der Waals surface area contributed by atoms with Gasteiger partial charge in [0.1, 0.15) is 0 Å². The van der Waals surface area contributed by atoms with Gasteiger partial charge in [0.2, 0.25) is 0 Å². The molecule has 0 saturated carbocycles. The van der Waals surface area contributed by atoms with E-state index in [9.17, 15) is 0 Å². The Labute approximate surface area is 99.0 Å². The Kier molecular flexibility index (Phi) is 3.34. The van der Waals surface area contributed by atoms with Gasteiger partial charge in [0, 0.05) is 5.54 Å². The normalized spacial score (nSPS) is 25.4. The lowest BCUT2D eigenvalue weighted by molar-refractivity contribution is 0.321. The monoisotopic (exact) mass is 217 g/mol. The van der Waals surface area contributed by atoms with Crippen LogP contribution in [0.25, 0.3) is 0 Å². The van der Waals surface area contributed by atoms with E-state index in [1.54, 1.807) is 0 Å². The van der Waals surface area contributed by atoms with Crippen LogP contribution >= 0.6 is 0 Å². The zero-order valence-electron chi connectivity index (χ0n) is 10.5. The molecule has 0 fully saturated rings. The molecule has 88 valence electrons. The van der Waals surface area contributed by atoms with E-state index >= 15 is 0 Å². The van der Waals surface area contributed by atoms with Gasteiger partial charge in [-0.2, -0.15) is 0 Å². The Hall–Kier alpha value is -0.820. The van der Waals surface area contributed by atoms with Gasteiger partial charge in [0.25, 0.3) is 0 Å². The van der Waals surface area contributed by atoms with Crippen molar-refractivity contribution in [2.75, 3.05) is 0 Å². The maximum Gasteiger partial charge on any atom is 0.0418 e. The molecular formula is C15H23N. The minimum Gasteiger partial charge on any atom is -0.321 e. The zero-order valence-corrected chi connectivity index (χ0v) is 10.5. The SMILES string of the molecule is CCCC(C)CC1(N)CCc2ccccc21. The third-order valence-corrected chi connectivity index (χ3v) is 3.89. The highest BCUT2D eigenvalue weighted by atomic mass is 14.8. The van der Waals surface area contributed by atoms with Crippen molar-refractivity contribution in [3.8, 4) is 0 Å². The molecule has 0 radical (unpaired) electrons. The summed E-state index contributed by atoms with van der Waals surface area (Å²) in [4.78, 5) is 0. The van der Waals surface area contributed by atoms with Gasteiger partial charge in [-0.15, -0.1) is 0 Å². The fraction of sp³-hybridized carbons (Fsp3) is 0.600. The minimum absolute atomic E-state index is 0.0504. The molecule has 1 aromatic carbocycles. The van der Waals surface area contributed by atoms with E-state index in [0.29, 0.717) is 0 Å². The summed E-state index contributed by atoms with van der Waals surface area (Å²) in [5.41, 5.74) is 9.42. The van der Waals surface area contributed by atoms with Gasteiger partial charge in [-0.3, -0.25) is 0 Å². The lowest BCUT2D eigenvalue weighted by atomic mass is 9.82. The number of fused-ring (bicyclic) bond motifs is 1. The van der Waals surface area contributed by atoms with Crippen LogP contribution in [0.15, 0.2) is 24.3 Å². The molecule has 16 heavy (non-hydrogen) atoms. The summed E-state index contributed by atoms with van der Waals surface area (Å²) in [7, 11) is 0. The molecular weight excluding hydrogens is 194 g/mol. The van der Waals surface area contributed by atoms with Crippen molar-refractivity contribution in [2.45, 2.75) is 51.5 Å². The first-order valence-electron chi connectivity index (χ1n) is 6.53. The number of aryl methyl sites for hydroxylation is 1. The highest BCUT2D eigenvalue weighted by molar-refractivity contribution is 5.38. The molecule has 1 aliphatic rings. The smallest absolute Gasteiger partial charge is 0.0418 e. The molecule has 2 N–H and O–H groups in total. The summed E-state index contributed by atoms with van der Waals surface area (Å²) in [5, 5.41) is 0. The van der Waals surface area contributed by atoms with Crippen molar-refractivity contribution in [1.29, 1.82) is 0 Å². The third kappa shape index (κ3) is 2.15. The first-order chi connectivity index (χ1) is 7.65. The topological polar surface area (TPSA) is 26.0 Å². The fourth-order valence-corrected chi connectivity index (χ4v) is 3.15. The second-order valence-corrected chi connectivity index (χ2v) is 5.41. The lowest BCUT2D eigenvalue weighted by Crippen LogP contribution is -2.35. The third-order valence-electron chi connectivity index (χ3n) is 3.89. The molecule has 1 nitrogen and oxygen atoms in total. The zero-order chi connectivity index (χ0) is 11.6. The Bertz CT molecular complexity index is 358. The lowest BCUT2D eigenvalue weighted by Gasteiger charge is -2.28. The summed E-state index contributed by atoms with van der Waals surface area (Å²) in [6, 6.07) is 8.70. The first-order valence-corrected chi connectivity index (χ1v) is 6.53. The number of benzene rings is 1. The molecule has 0 saturated heterocycles. The van der Waals surface area contributed by atoms with E-state index in [-0.39, 0.29) is 5.54 Å². The quantitative estimate of drug-likeness (QED) is 0.819. The van der Waals surface area contributed by atoms with Gasteiger partial charge in [-0.25, -0.2) is 0 Å². The van der Waals surface area contributed by atoms with E-state index in [4.69, 9.17) is 5.73 Å². The number of nitrogens with two attached hydrogens (primary N) is 1. The van der Waals surface area contributed by atoms with E-state index in [2.05, 4.69) is 38.1 Å². The van der Waals surface area contributed by atoms with Crippen molar-refractivity contribution in [1.82, 2.24) is 0 Å². The molecule has 0 spiro atoms. The van der Waals surface area contributed by atoms with Gasteiger partial charge in [-0.05, 0) is 36.3 Å². The standard InChI is InChI=1S/C15H23N/c1-3-6-12(2)11-15(16)10-9-13-7-4-5-8-14(13)15/h4-5,7-8,12H,3,6,9-11,16H2,1-2H3. The van der Waals surface area contributed by atoms with Gasteiger partial charge < -0.3 is 5.73 Å². The molecule has 2 unspecified atom stereocenters. The summed E-state index contributed by atoms with van der Waals surface area (Å²) in [6.45, 7) is 4.58. The van der Waals surface area contributed by atoms with Crippen LogP contribution in [0.5, 0.6) is 0 Å². The predicted octanol–water partition coefficient (Wildman–Crippen LogP) is 3.61. The number of rotatable bonds is 4. The molecule has 0 heterocycles. The molecule has 0 aliphatic heterocycles. The number of hydrogen-bond acceptors (Lipinski definition) is 1. The van der Waals surface area contributed by atoms with Crippen LogP contribution < -0.4 is 5.73 Å². The summed E-state index contributed by atoms with van der Waals surface area (Å²) in [5.74, 6) is 0.737. The number of hydrogen-bond donors (Lipinski definition) is 1. The molecule has 2 rings (SSSR count). The van der Waals surface area contributed by atoms with Crippen molar-refractivity contribution in [3.63, 3.8) is 0 Å². The van der Waals surface area contributed by atoms with Crippen LogP contribution in [-0.4, -0.2) is 0 Å². The average Bonchev–Trinajstić information content (AvgIpc) is 2.58. The summed E-state index contributed by atoms with van der Waals surface area (Å²) < 4.78 is 0. The first kappa shape index (κ1) is 11.7. The van der Waals surface area contributed by atoms with Crippen LogP contribution in [0.3, 0.4) is 0 Å². The highest BCUT2D eigenvalue weighted by Crippen LogP contribution is 2.39. The average molecular weight is 217 g/mol. The van der Waals surface area contributed by atoms with Crippen LogP contribution in [0.1, 0.15) is 50.7 Å². The molecule has 0 aromatic heterocycles. The van der Waals surface area contributed by atoms with Gasteiger partial charge >= 0.3 is 0 Å². The molecule has 0 amide bonds. The van der Waals surface area contributed by atoms with Crippen LogP contribution in [0, 0.1) is 5.92 Å². The largest absolute Gasteiger partial charge is 0.321 e. The Morgan fingerprint density at radius 2 is 2.12 bits per heavy atom. The maximum atomic E-state index is 6.60. The molecule has 1 aliphatic carbocycles. The minimum atomic E-state index is -0.0504. The van der Waals surface area contributed by atoms with E-state index < -0.39 is 0 Å². The van der Waals surface area contributed by atoms with Gasteiger partial charge in [0.05, 0.1) is 0 Å². The summed E-state index contributed by atoms with van der Waals surface area (Å²) in [6.07, 6.45) is 5.98. The van der Waals surface area contributed by atoms with E-state index in [0.717, 1.165) is 25.2 Å². The van der Waals surface area contributed by atoms with E-state index in [1.807, 2.05) is 0 Å². The van der Waals surface area contributed by atoms with Gasteiger partial charge in [0.15, 0.2) is 0 Å². The van der Waals surface area contributed by atoms with Crippen molar-refractivity contribution < 1.29 is 0 Å². The molecule has 0 bridgehead atoms. The Morgan fingerprint density at radius 1 is 1.38 bits per heavy atom. The van der Waals surface area contributed by atoms with Crippen LogP contribution in [0.4, 0.5) is 0 Å². The van der Waals surface area contributed by atoms with Crippen LogP contribution in [0.2, 0.25) is 0 Å². The fourth-order valence-electron chi connectivity index (χ4n) is 3.15. The molecule has 1 aromatic rings. The van der Waals surface area contributed by atoms with Crippen molar-refractivity contribution >= 4 is 0 Å². The highest BCUT2D eigenvalue weighted by Gasteiger charge is 2.35. The second-order valence-electron chi connectivity index (χ2n) is 5.41. The van der Waals surface area contributed by atoms with Gasteiger partial charge in [-0.1, -0.05) is 51.0 Å². The molecule has 2 atom stereocenters. The second kappa shape index (κ2) is 4.58. The van der Waals surface area contributed by atoms with Crippen LogP contribution in [-0.2, 0) is 12.0 Å².